The maximum atomic E-state index is 12.9. The molecule has 2 nitrogen and oxygen atoms in total. The van der Waals surface area contributed by atoms with Crippen LogP contribution in [-0.2, 0) is 6.42 Å². The minimum absolute atomic E-state index is 0.200. The van der Waals surface area contributed by atoms with Gasteiger partial charge in [-0.1, -0.05) is 17.7 Å². The van der Waals surface area contributed by atoms with E-state index in [0.29, 0.717) is 10.3 Å². The summed E-state index contributed by atoms with van der Waals surface area (Å²) in [5.74, 6) is 6.49. The first-order valence-corrected chi connectivity index (χ1v) is 7.15. The van der Waals surface area contributed by atoms with E-state index in [4.69, 9.17) is 17.4 Å². The highest BCUT2D eigenvalue weighted by Crippen LogP contribution is 2.31. The van der Waals surface area contributed by atoms with E-state index in [2.05, 4.69) is 5.43 Å². The van der Waals surface area contributed by atoms with Crippen LogP contribution in [0.4, 0.5) is 4.39 Å². The lowest BCUT2D eigenvalue weighted by Gasteiger charge is -2.22. The van der Waals surface area contributed by atoms with Crippen molar-refractivity contribution >= 4 is 23.4 Å². The van der Waals surface area contributed by atoms with Crippen molar-refractivity contribution in [1.82, 2.24) is 5.43 Å². The summed E-state index contributed by atoms with van der Waals surface area (Å²) < 4.78 is 12.9. The van der Waals surface area contributed by atoms with E-state index in [-0.39, 0.29) is 11.9 Å². The van der Waals surface area contributed by atoms with E-state index >= 15 is 0 Å². The monoisotopic (exact) mass is 274 g/mol. The molecule has 0 radical (unpaired) electrons. The Labute approximate surface area is 110 Å². The molecule has 1 saturated heterocycles. The van der Waals surface area contributed by atoms with Crippen molar-refractivity contribution in [1.29, 1.82) is 0 Å². The maximum Gasteiger partial charge on any atom is 0.124 e. The van der Waals surface area contributed by atoms with Crippen LogP contribution in [0.5, 0.6) is 0 Å². The van der Waals surface area contributed by atoms with Crippen molar-refractivity contribution in [3.05, 3.63) is 34.6 Å². The van der Waals surface area contributed by atoms with Crippen molar-refractivity contribution in [2.24, 2.45) is 5.84 Å². The quantitative estimate of drug-likeness (QED) is 0.655. The minimum atomic E-state index is -0.300. The van der Waals surface area contributed by atoms with Gasteiger partial charge in [-0.2, -0.15) is 11.8 Å². The molecule has 1 aliphatic rings. The second-order valence-corrected chi connectivity index (χ2v) is 6.02. The van der Waals surface area contributed by atoms with Crippen LogP contribution in [0.25, 0.3) is 0 Å². The molecule has 17 heavy (non-hydrogen) atoms. The largest absolute Gasteiger partial charge is 0.271 e. The Morgan fingerprint density at radius 3 is 3.00 bits per heavy atom. The summed E-state index contributed by atoms with van der Waals surface area (Å²) in [6.45, 7) is 0. The van der Waals surface area contributed by atoms with Gasteiger partial charge in [-0.3, -0.25) is 11.3 Å². The number of hydrogen-bond donors (Lipinski definition) is 2. The van der Waals surface area contributed by atoms with Crippen LogP contribution in [0.2, 0.25) is 5.02 Å². The van der Waals surface area contributed by atoms with Crippen LogP contribution in [-0.4, -0.2) is 17.0 Å². The van der Waals surface area contributed by atoms with Gasteiger partial charge in [-0.05, 0) is 42.7 Å². The molecule has 0 amide bonds. The first-order chi connectivity index (χ1) is 8.20. The molecular formula is C12H16ClFN2S. The van der Waals surface area contributed by atoms with Gasteiger partial charge in [0.2, 0.25) is 0 Å². The SMILES string of the molecule is NNC(Cc1ccc(F)cc1Cl)C1CCCS1. The van der Waals surface area contributed by atoms with Gasteiger partial charge in [0.05, 0.1) is 0 Å². The van der Waals surface area contributed by atoms with Gasteiger partial charge in [0.15, 0.2) is 0 Å². The molecule has 0 spiro atoms. The molecule has 5 heteroatoms. The van der Waals surface area contributed by atoms with Crippen molar-refractivity contribution in [2.45, 2.75) is 30.6 Å². The third kappa shape index (κ3) is 3.35. The number of halogens is 2. The molecule has 2 atom stereocenters. The van der Waals surface area contributed by atoms with E-state index in [0.717, 1.165) is 12.0 Å². The lowest BCUT2D eigenvalue weighted by molar-refractivity contribution is 0.495. The summed E-state index contributed by atoms with van der Waals surface area (Å²) in [6.07, 6.45) is 3.16. The molecule has 2 unspecified atom stereocenters. The van der Waals surface area contributed by atoms with Crippen LogP contribution in [0.1, 0.15) is 18.4 Å². The molecule has 2 rings (SSSR count). The van der Waals surface area contributed by atoms with Crippen LogP contribution >= 0.6 is 23.4 Å². The maximum absolute atomic E-state index is 12.9. The molecule has 0 aromatic heterocycles. The van der Waals surface area contributed by atoms with E-state index in [1.165, 1.54) is 30.7 Å². The Balaban J connectivity index is 2.06. The highest BCUT2D eigenvalue weighted by molar-refractivity contribution is 8.00. The van der Waals surface area contributed by atoms with Crippen LogP contribution < -0.4 is 11.3 Å². The van der Waals surface area contributed by atoms with Crippen LogP contribution in [0.3, 0.4) is 0 Å². The minimum Gasteiger partial charge on any atom is -0.271 e. The average Bonchev–Trinajstić information content (AvgIpc) is 2.81. The number of benzene rings is 1. The van der Waals surface area contributed by atoms with Gasteiger partial charge in [0.1, 0.15) is 5.82 Å². The Hall–Kier alpha value is -0.290. The van der Waals surface area contributed by atoms with Gasteiger partial charge in [-0.15, -0.1) is 0 Å². The van der Waals surface area contributed by atoms with E-state index in [1.54, 1.807) is 6.07 Å². The average molecular weight is 275 g/mol. The fourth-order valence-corrected chi connectivity index (χ4v) is 3.76. The molecule has 94 valence electrons. The molecule has 1 aromatic carbocycles. The Morgan fingerprint density at radius 2 is 2.41 bits per heavy atom. The number of hydrazine groups is 1. The molecule has 1 fully saturated rings. The van der Waals surface area contributed by atoms with Gasteiger partial charge in [-0.25, -0.2) is 4.39 Å². The normalized spacial score (nSPS) is 21.7. The molecule has 0 aliphatic carbocycles. The second-order valence-electron chi connectivity index (χ2n) is 4.26. The molecule has 0 bridgehead atoms. The third-order valence-electron chi connectivity index (χ3n) is 3.08. The summed E-state index contributed by atoms with van der Waals surface area (Å²) >= 11 is 7.97. The van der Waals surface area contributed by atoms with Gasteiger partial charge < -0.3 is 0 Å². The zero-order valence-corrected chi connectivity index (χ0v) is 11.0. The summed E-state index contributed by atoms with van der Waals surface area (Å²) in [6, 6.07) is 4.73. The Kier molecular flexibility index (Phi) is 4.68. The van der Waals surface area contributed by atoms with E-state index in [1.807, 2.05) is 11.8 Å². The lowest BCUT2D eigenvalue weighted by Crippen LogP contribution is -2.43. The van der Waals surface area contributed by atoms with Crippen molar-refractivity contribution in [3.8, 4) is 0 Å². The third-order valence-corrected chi connectivity index (χ3v) is 4.95. The lowest BCUT2D eigenvalue weighted by atomic mass is 10.0. The molecular weight excluding hydrogens is 259 g/mol. The number of thioether (sulfide) groups is 1. The highest BCUT2D eigenvalue weighted by atomic mass is 35.5. The Morgan fingerprint density at radius 1 is 1.59 bits per heavy atom. The summed E-state index contributed by atoms with van der Waals surface area (Å²) in [5, 5.41) is 1.01. The van der Waals surface area contributed by atoms with E-state index < -0.39 is 0 Å². The topological polar surface area (TPSA) is 38.0 Å². The van der Waals surface area contributed by atoms with Crippen molar-refractivity contribution in [2.75, 3.05) is 5.75 Å². The zero-order chi connectivity index (χ0) is 12.3. The Bertz CT molecular complexity index is 383. The zero-order valence-electron chi connectivity index (χ0n) is 9.46. The standard InChI is InChI=1S/C12H16ClFN2S/c13-10-7-9(14)4-3-8(10)6-11(16-15)12-2-1-5-17-12/h3-4,7,11-12,16H,1-2,5-6,15H2. The predicted molar refractivity (Wildman–Crippen MR) is 71.7 cm³/mol. The molecule has 3 N–H and O–H groups in total. The van der Waals surface area contributed by atoms with Crippen molar-refractivity contribution in [3.63, 3.8) is 0 Å². The number of nitrogens with two attached hydrogens (primary N) is 1. The van der Waals surface area contributed by atoms with Gasteiger partial charge >= 0.3 is 0 Å². The van der Waals surface area contributed by atoms with E-state index in [9.17, 15) is 4.39 Å². The first-order valence-electron chi connectivity index (χ1n) is 5.72. The van der Waals surface area contributed by atoms with Crippen molar-refractivity contribution < 1.29 is 4.39 Å². The molecule has 1 aromatic rings. The van der Waals surface area contributed by atoms with Gasteiger partial charge in [0, 0.05) is 16.3 Å². The number of rotatable bonds is 4. The smallest absolute Gasteiger partial charge is 0.124 e. The molecule has 1 aliphatic heterocycles. The van der Waals surface area contributed by atoms with Crippen LogP contribution in [0.15, 0.2) is 18.2 Å². The fourth-order valence-electron chi connectivity index (χ4n) is 2.14. The fraction of sp³-hybridized carbons (Fsp3) is 0.500. The second kappa shape index (κ2) is 6.05. The number of nitrogens with one attached hydrogen (secondary N) is 1. The van der Waals surface area contributed by atoms with Crippen LogP contribution in [0, 0.1) is 5.82 Å². The van der Waals surface area contributed by atoms with Gasteiger partial charge in [0.25, 0.3) is 0 Å². The predicted octanol–water partition coefficient (Wildman–Crippen LogP) is 2.75. The number of hydrogen-bond acceptors (Lipinski definition) is 3. The summed E-state index contributed by atoms with van der Waals surface area (Å²) in [7, 11) is 0. The first kappa shape index (κ1) is 13.1. The summed E-state index contributed by atoms with van der Waals surface area (Å²) in [4.78, 5) is 0. The molecule has 1 heterocycles. The molecule has 0 saturated carbocycles. The highest BCUT2D eigenvalue weighted by Gasteiger charge is 2.25. The summed E-state index contributed by atoms with van der Waals surface area (Å²) in [5.41, 5.74) is 3.81.